The van der Waals surface area contributed by atoms with Crippen molar-refractivity contribution in [3.05, 3.63) is 34.8 Å². The van der Waals surface area contributed by atoms with Crippen molar-refractivity contribution in [2.24, 2.45) is 0 Å². The molecule has 1 heterocycles. The number of hydrogen-bond acceptors (Lipinski definition) is 5. The van der Waals surface area contributed by atoms with E-state index in [-0.39, 0.29) is 5.91 Å². The van der Waals surface area contributed by atoms with Gasteiger partial charge in [0, 0.05) is 11.8 Å². The fraction of sp³-hybridized carbons (Fsp3) is 0.250. The van der Waals surface area contributed by atoms with E-state index in [1.165, 1.54) is 0 Å². The minimum Gasteiger partial charge on any atom is -0.497 e. The van der Waals surface area contributed by atoms with Gasteiger partial charge in [0.05, 0.1) is 12.8 Å². The van der Waals surface area contributed by atoms with E-state index in [0.29, 0.717) is 22.7 Å². The van der Waals surface area contributed by atoms with Crippen LogP contribution in [0.4, 0.5) is 5.69 Å². The van der Waals surface area contributed by atoms with Gasteiger partial charge in [0.1, 0.15) is 10.6 Å². The maximum Gasteiger partial charge on any atom is 0.269 e. The molecule has 0 saturated heterocycles. The second-order valence-corrected chi connectivity index (χ2v) is 4.34. The molecule has 1 amide bonds. The Morgan fingerprint density at radius 1 is 1.50 bits per heavy atom. The highest BCUT2D eigenvalue weighted by atomic mass is 32.1. The van der Waals surface area contributed by atoms with Crippen LogP contribution in [0.5, 0.6) is 5.75 Å². The van der Waals surface area contributed by atoms with E-state index in [4.69, 9.17) is 4.74 Å². The molecule has 94 valence electrons. The van der Waals surface area contributed by atoms with E-state index >= 15 is 0 Å². The van der Waals surface area contributed by atoms with Crippen LogP contribution in [0.25, 0.3) is 0 Å². The Labute approximate surface area is 109 Å². The van der Waals surface area contributed by atoms with Crippen molar-refractivity contribution in [3.8, 4) is 5.75 Å². The van der Waals surface area contributed by atoms with Crippen LogP contribution < -0.4 is 10.1 Å². The fourth-order valence-corrected chi connectivity index (χ4v) is 2.15. The van der Waals surface area contributed by atoms with Crippen molar-refractivity contribution >= 4 is 23.1 Å². The normalized spacial score (nSPS) is 10.1. The summed E-state index contributed by atoms with van der Waals surface area (Å²) in [6, 6.07) is 7.21. The second kappa shape index (κ2) is 5.59. The third-order valence-corrected chi connectivity index (χ3v) is 3.19. The summed E-state index contributed by atoms with van der Waals surface area (Å²) >= 11 is 1.11. The molecule has 6 heteroatoms. The molecular weight excluding hydrogens is 250 g/mol. The molecule has 0 aliphatic carbocycles. The number of benzene rings is 1. The molecule has 1 aromatic carbocycles. The quantitative estimate of drug-likeness (QED) is 0.919. The Morgan fingerprint density at radius 2 is 2.33 bits per heavy atom. The minimum absolute atomic E-state index is 0.185. The lowest BCUT2D eigenvalue weighted by atomic mass is 10.2. The number of ether oxygens (including phenoxy) is 1. The van der Waals surface area contributed by atoms with Crippen LogP contribution in [0.3, 0.4) is 0 Å². The Hall–Kier alpha value is -1.95. The molecule has 0 unspecified atom stereocenters. The summed E-state index contributed by atoms with van der Waals surface area (Å²) in [4.78, 5) is 12.6. The third kappa shape index (κ3) is 2.65. The summed E-state index contributed by atoms with van der Waals surface area (Å²) in [6.07, 6.45) is 0.692. The van der Waals surface area contributed by atoms with Gasteiger partial charge < -0.3 is 10.1 Å². The Bertz CT molecular complexity index is 554. The number of methoxy groups -OCH3 is 1. The highest BCUT2D eigenvalue weighted by Gasteiger charge is 2.15. The predicted octanol–water partition coefficient (Wildman–Crippen LogP) is 2.36. The fourth-order valence-electron chi connectivity index (χ4n) is 1.50. The van der Waals surface area contributed by atoms with Gasteiger partial charge in [-0.1, -0.05) is 17.5 Å². The summed E-state index contributed by atoms with van der Waals surface area (Å²) in [5, 5.41) is 6.72. The van der Waals surface area contributed by atoms with Gasteiger partial charge in [-0.3, -0.25) is 4.79 Å². The number of nitrogens with zero attached hydrogens (tertiary/aromatic N) is 2. The Balaban J connectivity index is 2.16. The molecule has 0 aliphatic heterocycles. The summed E-state index contributed by atoms with van der Waals surface area (Å²) in [6.45, 7) is 1.94. The number of nitrogens with one attached hydrogen (secondary N) is 1. The maximum absolute atomic E-state index is 12.0. The van der Waals surface area contributed by atoms with Gasteiger partial charge in [0.2, 0.25) is 0 Å². The van der Waals surface area contributed by atoms with Crippen LogP contribution >= 0.6 is 11.5 Å². The summed E-state index contributed by atoms with van der Waals surface area (Å²) in [5.41, 5.74) is 1.41. The maximum atomic E-state index is 12.0. The van der Waals surface area contributed by atoms with Crippen LogP contribution in [-0.2, 0) is 6.42 Å². The first-order chi connectivity index (χ1) is 8.74. The van der Waals surface area contributed by atoms with Crippen LogP contribution in [0.1, 0.15) is 22.3 Å². The van der Waals surface area contributed by atoms with Crippen molar-refractivity contribution in [3.63, 3.8) is 0 Å². The molecular formula is C12H13N3O2S. The molecule has 0 fully saturated rings. The van der Waals surface area contributed by atoms with Gasteiger partial charge in [0.15, 0.2) is 0 Å². The molecule has 0 radical (unpaired) electrons. The van der Waals surface area contributed by atoms with E-state index in [2.05, 4.69) is 14.9 Å². The number of aromatic nitrogens is 2. The SMILES string of the molecule is CCc1nnsc1C(=O)Nc1cccc(OC)c1. The monoisotopic (exact) mass is 263 g/mol. The number of aryl methyl sites for hydroxylation is 1. The van der Waals surface area contributed by atoms with Crippen molar-refractivity contribution in [1.82, 2.24) is 9.59 Å². The Kier molecular flexibility index (Phi) is 3.88. The minimum atomic E-state index is -0.185. The molecule has 0 saturated carbocycles. The number of hydrogen-bond donors (Lipinski definition) is 1. The topological polar surface area (TPSA) is 64.1 Å². The molecule has 0 bridgehead atoms. The van der Waals surface area contributed by atoms with E-state index < -0.39 is 0 Å². The molecule has 2 rings (SSSR count). The number of carbonyl (C=O) groups is 1. The molecule has 0 atom stereocenters. The van der Waals surface area contributed by atoms with E-state index in [1.807, 2.05) is 19.1 Å². The van der Waals surface area contributed by atoms with Crippen molar-refractivity contribution in [2.45, 2.75) is 13.3 Å². The number of carbonyl (C=O) groups excluding carboxylic acids is 1. The van der Waals surface area contributed by atoms with Crippen LogP contribution in [0, 0.1) is 0 Å². The van der Waals surface area contributed by atoms with Gasteiger partial charge in [-0.2, -0.15) is 0 Å². The second-order valence-electron chi connectivity index (χ2n) is 3.59. The molecule has 1 N–H and O–H groups in total. The molecule has 0 aliphatic rings. The van der Waals surface area contributed by atoms with Crippen molar-refractivity contribution in [1.29, 1.82) is 0 Å². The largest absolute Gasteiger partial charge is 0.497 e. The smallest absolute Gasteiger partial charge is 0.269 e. The van der Waals surface area contributed by atoms with Gasteiger partial charge in [-0.05, 0) is 30.1 Å². The molecule has 5 nitrogen and oxygen atoms in total. The predicted molar refractivity (Wildman–Crippen MR) is 70.2 cm³/mol. The third-order valence-electron chi connectivity index (χ3n) is 2.42. The zero-order valence-corrected chi connectivity index (χ0v) is 11.0. The summed E-state index contributed by atoms with van der Waals surface area (Å²) in [5.74, 6) is 0.515. The van der Waals surface area contributed by atoms with E-state index in [9.17, 15) is 4.79 Å². The van der Waals surface area contributed by atoms with Crippen LogP contribution in [-0.4, -0.2) is 22.6 Å². The van der Waals surface area contributed by atoms with Crippen LogP contribution in [0.15, 0.2) is 24.3 Å². The molecule has 2 aromatic rings. The van der Waals surface area contributed by atoms with E-state index in [1.54, 1.807) is 19.2 Å². The van der Waals surface area contributed by atoms with Crippen molar-refractivity contribution in [2.75, 3.05) is 12.4 Å². The van der Waals surface area contributed by atoms with Gasteiger partial charge >= 0.3 is 0 Å². The van der Waals surface area contributed by atoms with Crippen molar-refractivity contribution < 1.29 is 9.53 Å². The van der Waals surface area contributed by atoms with E-state index in [0.717, 1.165) is 17.2 Å². The zero-order valence-electron chi connectivity index (χ0n) is 10.1. The summed E-state index contributed by atoms with van der Waals surface area (Å²) < 4.78 is 8.89. The molecule has 0 spiro atoms. The lowest BCUT2D eigenvalue weighted by Crippen LogP contribution is -2.12. The molecule has 1 aromatic heterocycles. The zero-order chi connectivity index (χ0) is 13.0. The number of rotatable bonds is 4. The number of anilines is 1. The average Bonchev–Trinajstić information content (AvgIpc) is 2.87. The Morgan fingerprint density at radius 3 is 3.06 bits per heavy atom. The average molecular weight is 263 g/mol. The standard InChI is InChI=1S/C12H13N3O2S/c1-3-10-11(18-15-14-10)12(16)13-8-5-4-6-9(7-8)17-2/h4-7H,3H2,1-2H3,(H,13,16). The van der Waals surface area contributed by atoms with Crippen LogP contribution in [0.2, 0.25) is 0 Å². The van der Waals surface area contributed by atoms with Gasteiger partial charge in [0.25, 0.3) is 5.91 Å². The highest BCUT2D eigenvalue weighted by molar-refractivity contribution is 7.08. The van der Waals surface area contributed by atoms with Gasteiger partial charge in [-0.25, -0.2) is 0 Å². The molecule has 18 heavy (non-hydrogen) atoms. The van der Waals surface area contributed by atoms with Gasteiger partial charge in [-0.15, -0.1) is 5.10 Å². The summed E-state index contributed by atoms with van der Waals surface area (Å²) in [7, 11) is 1.59. The first-order valence-electron chi connectivity index (χ1n) is 5.51. The first kappa shape index (κ1) is 12.5. The first-order valence-corrected chi connectivity index (χ1v) is 6.28. The lowest BCUT2D eigenvalue weighted by molar-refractivity contribution is 0.102. The highest BCUT2D eigenvalue weighted by Crippen LogP contribution is 2.19. The number of amides is 1. The lowest BCUT2D eigenvalue weighted by Gasteiger charge is -2.06.